The van der Waals surface area contributed by atoms with Gasteiger partial charge < -0.3 is 15.2 Å². The fourth-order valence-corrected chi connectivity index (χ4v) is 2.13. The molecule has 4 nitrogen and oxygen atoms in total. The summed E-state index contributed by atoms with van der Waals surface area (Å²) in [5, 5.41) is 11.7. The molecule has 0 unspecified atom stereocenters. The SMILES string of the molecule is O=C(Nc1ccc(CCO)cc1)c1cc(Cl)ccc1OC(F)F. The number of anilines is 1. The van der Waals surface area contributed by atoms with Gasteiger partial charge in [-0.25, -0.2) is 0 Å². The van der Waals surface area contributed by atoms with Crippen LogP contribution < -0.4 is 10.1 Å². The molecule has 0 saturated heterocycles. The molecule has 0 aliphatic rings. The molecule has 2 rings (SSSR count). The molecule has 0 spiro atoms. The highest BCUT2D eigenvalue weighted by atomic mass is 35.5. The molecule has 1 amide bonds. The van der Waals surface area contributed by atoms with Gasteiger partial charge in [-0.05, 0) is 42.3 Å². The zero-order valence-corrected chi connectivity index (χ0v) is 12.7. The van der Waals surface area contributed by atoms with Gasteiger partial charge in [-0.1, -0.05) is 23.7 Å². The Bertz CT molecular complexity index is 678. The number of aliphatic hydroxyl groups excluding tert-OH is 1. The average molecular weight is 342 g/mol. The summed E-state index contributed by atoms with van der Waals surface area (Å²) in [5.41, 5.74) is 1.31. The second kappa shape index (κ2) is 7.89. The molecule has 0 aliphatic heterocycles. The first-order chi connectivity index (χ1) is 11.0. The van der Waals surface area contributed by atoms with Gasteiger partial charge in [0.15, 0.2) is 0 Å². The van der Waals surface area contributed by atoms with E-state index in [1.807, 2.05) is 0 Å². The summed E-state index contributed by atoms with van der Waals surface area (Å²) in [4.78, 5) is 12.2. The number of carbonyl (C=O) groups is 1. The Hall–Kier alpha value is -2.18. The fraction of sp³-hybridized carbons (Fsp3) is 0.188. The zero-order chi connectivity index (χ0) is 16.8. The van der Waals surface area contributed by atoms with Crippen molar-refractivity contribution < 1.29 is 23.4 Å². The van der Waals surface area contributed by atoms with Crippen LogP contribution in [0.25, 0.3) is 0 Å². The van der Waals surface area contributed by atoms with Crippen molar-refractivity contribution in [3.63, 3.8) is 0 Å². The van der Waals surface area contributed by atoms with Crippen LogP contribution in [-0.2, 0) is 6.42 Å². The number of amides is 1. The molecule has 0 saturated carbocycles. The van der Waals surface area contributed by atoms with Crippen LogP contribution in [0.2, 0.25) is 5.02 Å². The van der Waals surface area contributed by atoms with Crippen molar-refractivity contribution in [2.24, 2.45) is 0 Å². The topological polar surface area (TPSA) is 58.6 Å². The minimum atomic E-state index is -3.04. The molecule has 2 N–H and O–H groups in total. The van der Waals surface area contributed by atoms with Crippen LogP contribution in [0.1, 0.15) is 15.9 Å². The number of hydrogen-bond acceptors (Lipinski definition) is 3. The third-order valence-electron chi connectivity index (χ3n) is 3.01. The first-order valence-electron chi connectivity index (χ1n) is 6.75. The highest BCUT2D eigenvalue weighted by Crippen LogP contribution is 2.25. The first-order valence-corrected chi connectivity index (χ1v) is 7.13. The molecule has 0 atom stereocenters. The smallest absolute Gasteiger partial charge is 0.387 e. The molecule has 122 valence electrons. The van der Waals surface area contributed by atoms with E-state index in [4.69, 9.17) is 16.7 Å². The van der Waals surface area contributed by atoms with Gasteiger partial charge in [0.05, 0.1) is 5.56 Å². The summed E-state index contributed by atoms with van der Waals surface area (Å²) < 4.78 is 29.1. The number of rotatable bonds is 6. The summed E-state index contributed by atoms with van der Waals surface area (Å²) in [6.45, 7) is -3.01. The molecule has 23 heavy (non-hydrogen) atoms. The minimum absolute atomic E-state index is 0.0303. The number of hydrogen-bond donors (Lipinski definition) is 2. The van der Waals surface area contributed by atoms with Gasteiger partial charge in [0.2, 0.25) is 0 Å². The Morgan fingerprint density at radius 1 is 1.22 bits per heavy atom. The number of halogens is 3. The van der Waals surface area contributed by atoms with Gasteiger partial charge in [0.1, 0.15) is 5.75 Å². The van der Waals surface area contributed by atoms with Gasteiger partial charge in [-0.15, -0.1) is 0 Å². The van der Waals surface area contributed by atoms with Crippen LogP contribution in [0.5, 0.6) is 5.75 Å². The molecule has 2 aromatic carbocycles. The molecule has 2 aromatic rings. The largest absolute Gasteiger partial charge is 0.434 e. The van der Waals surface area contributed by atoms with Crippen molar-refractivity contribution in [3.8, 4) is 5.75 Å². The Morgan fingerprint density at radius 2 is 1.91 bits per heavy atom. The molecular weight excluding hydrogens is 328 g/mol. The Balaban J connectivity index is 2.18. The lowest BCUT2D eigenvalue weighted by atomic mass is 10.1. The highest BCUT2D eigenvalue weighted by molar-refractivity contribution is 6.31. The lowest BCUT2D eigenvalue weighted by Crippen LogP contribution is -2.15. The van der Waals surface area contributed by atoms with E-state index in [0.717, 1.165) is 5.56 Å². The first kappa shape index (κ1) is 17.2. The van der Waals surface area contributed by atoms with Crippen molar-refractivity contribution in [3.05, 3.63) is 58.6 Å². The van der Waals surface area contributed by atoms with E-state index in [1.54, 1.807) is 24.3 Å². The Labute approximate surface area is 136 Å². The van der Waals surface area contributed by atoms with E-state index in [2.05, 4.69) is 10.1 Å². The molecule has 7 heteroatoms. The Morgan fingerprint density at radius 3 is 2.52 bits per heavy atom. The summed E-state index contributed by atoms with van der Waals surface area (Å²) in [6, 6.07) is 10.6. The van der Waals surface area contributed by atoms with Crippen LogP contribution in [0, 0.1) is 0 Å². The number of benzene rings is 2. The summed E-state index contributed by atoms with van der Waals surface area (Å²) in [5.74, 6) is -0.864. The number of nitrogens with one attached hydrogen (secondary N) is 1. The van der Waals surface area contributed by atoms with E-state index in [-0.39, 0.29) is 22.9 Å². The average Bonchev–Trinajstić information content (AvgIpc) is 2.51. The lowest BCUT2D eigenvalue weighted by Gasteiger charge is -2.11. The van der Waals surface area contributed by atoms with E-state index in [0.29, 0.717) is 12.1 Å². The third kappa shape index (κ3) is 4.91. The van der Waals surface area contributed by atoms with Gasteiger partial charge in [0.25, 0.3) is 5.91 Å². The molecule has 0 aromatic heterocycles. The van der Waals surface area contributed by atoms with E-state index >= 15 is 0 Å². The van der Waals surface area contributed by atoms with Crippen molar-refractivity contribution >= 4 is 23.2 Å². The maximum Gasteiger partial charge on any atom is 0.387 e. The fourth-order valence-electron chi connectivity index (χ4n) is 1.96. The van der Waals surface area contributed by atoms with Crippen LogP contribution in [-0.4, -0.2) is 24.2 Å². The van der Waals surface area contributed by atoms with Crippen molar-refractivity contribution in [1.82, 2.24) is 0 Å². The molecular formula is C16H14ClF2NO3. The van der Waals surface area contributed by atoms with Gasteiger partial charge in [-0.3, -0.25) is 4.79 Å². The van der Waals surface area contributed by atoms with Crippen LogP contribution in [0.3, 0.4) is 0 Å². The van der Waals surface area contributed by atoms with Gasteiger partial charge in [0, 0.05) is 17.3 Å². The second-order valence-corrected chi connectivity index (χ2v) is 5.08. The molecule has 0 fully saturated rings. The normalized spacial score (nSPS) is 10.7. The van der Waals surface area contributed by atoms with Crippen molar-refractivity contribution in [1.29, 1.82) is 0 Å². The van der Waals surface area contributed by atoms with E-state index in [9.17, 15) is 13.6 Å². The minimum Gasteiger partial charge on any atom is -0.434 e. The van der Waals surface area contributed by atoms with E-state index in [1.165, 1.54) is 18.2 Å². The maximum absolute atomic E-state index is 12.4. The summed E-state index contributed by atoms with van der Waals surface area (Å²) in [7, 11) is 0. The predicted octanol–water partition coefficient (Wildman–Crippen LogP) is 3.73. The van der Waals surface area contributed by atoms with Gasteiger partial charge >= 0.3 is 6.61 Å². The number of carbonyl (C=O) groups excluding carboxylic acids is 1. The van der Waals surface area contributed by atoms with E-state index < -0.39 is 12.5 Å². The second-order valence-electron chi connectivity index (χ2n) is 4.64. The molecule has 0 aliphatic carbocycles. The lowest BCUT2D eigenvalue weighted by molar-refractivity contribution is -0.0501. The highest BCUT2D eigenvalue weighted by Gasteiger charge is 2.16. The monoisotopic (exact) mass is 341 g/mol. The summed E-state index contributed by atoms with van der Waals surface area (Å²) >= 11 is 5.81. The maximum atomic E-state index is 12.4. The molecule has 0 bridgehead atoms. The third-order valence-corrected chi connectivity index (χ3v) is 3.25. The number of aliphatic hydroxyl groups is 1. The van der Waals surface area contributed by atoms with Crippen LogP contribution in [0.15, 0.2) is 42.5 Å². The number of ether oxygens (including phenoxy) is 1. The molecule has 0 radical (unpaired) electrons. The van der Waals surface area contributed by atoms with Crippen molar-refractivity contribution in [2.75, 3.05) is 11.9 Å². The van der Waals surface area contributed by atoms with Gasteiger partial charge in [-0.2, -0.15) is 8.78 Å². The quantitative estimate of drug-likeness (QED) is 0.841. The van der Waals surface area contributed by atoms with Crippen LogP contribution >= 0.6 is 11.6 Å². The standard InChI is InChI=1S/C16H14ClF2NO3/c17-11-3-6-14(23-16(18)19)13(9-11)15(22)20-12-4-1-10(2-5-12)7-8-21/h1-6,9,16,21H,7-8H2,(H,20,22). The van der Waals surface area contributed by atoms with Crippen molar-refractivity contribution in [2.45, 2.75) is 13.0 Å². The predicted molar refractivity (Wildman–Crippen MR) is 83.3 cm³/mol. The summed E-state index contributed by atoms with van der Waals surface area (Å²) in [6.07, 6.45) is 0.509. The zero-order valence-electron chi connectivity index (χ0n) is 11.9. The Kier molecular flexibility index (Phi) is 5.90. The van der Waals surface area contributed by atoms with Crippen LogP contribution in [0.4, 0.5) is 14.5 Å². The number of alkyl halides is 2. The molecule has 0 heterocycles.